The molecule has 0 fully saturated rings. The fourth-order valence-corrected chi connectivity index (χ4v) is 1.51. The molecule has 0 saturated heterocycles. The van der Waals surface area contributed by atoms with Crippen molar-refractivity contribution >= 4 is 12.2 Å². The SMILES string of the molecule is COc1ccc(C=NN=C(N)N)cc1CN(C)C. The van der Waals surface area contributed by atoms with Crippen LogP contribution in [0.15, 0.2) is 28.4 Å². The van der Waals surface area contributed by atoms with E-state index in [1.165, 1.54) is 0 Å². The van der Waals surface area contributed by atoms with Gasteiger partial charge >= 0.3 is 0 Å². The zero-order valence-corrected chi connectivity index (χ0v) is 10.9. The van der Waals surface area contributed by atoms with Gasteiger partial charge in [0.25, 0.3) is 0 Å². The molecule has 0 aromatic heterocycles. The zero-order valence-electron chi connectivity index (χ0n) is 10.9. The van der Waals surface area contributed by atoms with Crippen LogP contribution in [-0.4, -0.2) is 38.3 Å². The minimum absolute atomic E-state index is 0.0618. The summed E-state index contributed by atoms with van der Waals surface area (Å²) in [5, 5.41) is 7.33. The number of methoxy groups -OCH3 is 1. The summed E-state index contributed by atoms with van der Waals surface area (Å²) in [4.78, 5) is 2.06. The summed E-state index contributed by atoms with van der Waals surface area (Å²) in [6.45, 7) is 0.785. The Morgan fingerprint density at radius 1 is 1.39 bits per heavy atom. The van der Waals surface area contributed by atoms with Gasteiger partial charge in [-0.1, -0.05) is 0 Å². The lowest BCUT2D eigenvalue weighted by molar-refractivity contribution is 0.372. The van der Waals surface area contributed by atoms with Crippen molar-refractivity contribution in [1.82, 2.24) is 4.90 Å². The molecular formula is C12H19N5O. The van der Waals surface area contributed by atoms with E-state index in [0.717, 1.165) is 23.4 Å². The highest BCUT2D eigenvalue weighted by atomic mass is 16.5. The van der Waals surface area contributed by atoms with Crippen molar-refractivity contribution in [3.8, 4) is 5.75 Å². The van der Waals surface area contributed by atoms with Gasteiger partial charge < -0.3 is 21.1 Å². The molecule has 0 unspecified atom stereocenters. The summed E-state index contributed by atoms with van der Waals surface area (Å²) < 4.78 is 5.31. The van der Waals surface area contributed by atoms with E-state index in [2.05, 4.69) is 15.1 Å². The van der Waals surface area contributed by atoms with Crippen molar-refractivity contribution in [2.45, 2.75) is 6.54 Å². The Morgan fingerprint density at radius 3 is 2.67 bits per heavy atom. The van der Waals surface area contributed by atoms with Gasteiger partial charge in [-0.05, 0) is 37.9 Å². The molecule has 6 heteroatoms. The van der Waals surface area contributed by atoms with Gasteiger partial charge in [0.05, 0.1) is 13.3 Å². The molecule has 1 aromatic carbocycles. The molecular weight excluding hydrogens is 230 g/mol. The lowest BCUT2D eigenvalue weighted by atomic mass is 10.1. The second kappa shape index (κ2) is 6.61. The van der Waals surface area contributed by atoms with Crippen LogP contribution in [0.3, 0.4) is 0 Å². The van der Waals surface area contributed by atoms with Crippen LogP contribution in [0.2, 0.25) is 0 Å². The predicted molar refractivity (Wildman–Crippen MR) is 73.8 cm³/mol. The van der Waals surface area contributed by atoms with Crippen LogP contribution in [0.25, 0.3) is 0 Å². The van der Waals surface area contributed by atoms with E-state index in [1.807, 2.05) is 32.3 Å². The topological polar surface area (TPSA) is 89.2 Å². The summed E-state index contributed by atoms with van der Waals surface area (Å²) in [6.07, 6.45) is 1.60. The molecule has 0 amide bonds. The summed E-state index contributed by atoms with van der Waals surface area (Å²) in [5.74, 6) is 0.788. The molecule has 0 saturated carbocycles. The smallest absolute Gasteiger partial charge is 0.211 e. The second-order valence-electron chi connectivity index (χ2n) is 4.08. The summed E-state index contributed by atoms with van der Waals surface area (Å²) in [7, 11) is 5.65. The Kier molecular flexibility index (Phi) is 5.13. The molecule has 0 aliphatic rings. The summed E-state index contributed by atoms with van der Waals surface area (Å²) in [6, 6.07) is 5.78. The number of benzene rings is 1. The fraction of sp³-hybridized carbons (Fsp3) is 0.333. The quantitative estimate of drug-likeness (QED) is 0.448. The molecule has 1 rings (SSSR count). The molecule has 98 valence electrons. The number of nitrogens with zero attached hydrogens (tertiary/aromatic N) is 3. The van der Waals surface area contributed by atoms with Crippen molar-refractivity contribution in [2.75, 3.05) is 21.2 Å². The first kappa shape index (κ1) is 14.0. The van der Waals surface area contributed by atoms with Crippen molar-refractivity contribution in [2.24, 2.45) is 21.7 Å². The summed E-state index contributed by atoms with van der Waals surface area (Å²) in [5.41, 5.74) is 12.4. The van der Waals surface area contributed by atoms with Gasteiger partial charge in [-0.3, -0.25) is 0 Å². The molecule has 0 aliphatic carbocycles. The van der Waals surface area contributed by atoms with Crippen LogP contribution in [0, 0.1) is 0 Å². The van der Waals surface area contributed by atoms with Gasteiger partial charge in [0.15, 0.2) is 0 Å². The standard InChI is InChI=1S/C12H19N5O/c1-17(2)8-10-6-9(4-5-11(10)18-3)7-15-16-12(13)14/h4-7H,8H2,1-3H3,(H4,13,14,16). The van der Waals surface area contributed by atoms with Crippen molar-refractivity contribution in [1.29, 1.82) is 0 Å². The van der Waals surface area contributed by atoms with Crippen LogP contribution in [-0.2, 0) is 6.54 Å². The Labute approximate surface area is 107 Å². The largest absolute Gasteiger partial charge is 0.496 e. The summed E-state index contributed by atoms with van der Waals surface area (Å²) >= 11 is 0. The molecule has 0 atom stereocenters. The lowest BCUT2D eigenvalue weighted by Gasteiger charge is -2.13. The fourth-order valence-electron chi connectivity index (χ4n) is 1.51. The highest BCUT2D eigenvalue weighted by Crippen LogP contribution is 2.20. The van der Waals surface area contributed by atoms with Crippen molar-refractivity contribution in [3.63, 3.8) is 0 Å². The Morgan fingerprint density at radius 2 is 2.11 bits per heavy atom. The van der Waals surface area contributed by atoms with Crippen molar-refractivity contribution < 1.29 is 4.74 Å². The molecule has 6 nitrogen and oxygen atoms in total. The van der Waals surface area contributed by atoms with Crippen LogP contribution >= 0.6 is 0 Å². The number of nitrogens with two attached hydrogens (primary N) is 2. The number of rotatable bonds is 5. The minimum atomic E-state index is -0.0618. The van der Waals surface area contributed by atoms with E-state index in [-0.39, 0.29) is 5.96 Å². The van der Waals surface area contributed by atoms with Gasteiger partial charge in [0.1, 0.15) is 5.75 Å². The van der Waals surface area contributed by atoms with E-state index < -0.39 is 0 Å². The lowest BCUT2D eigenvalue weighted by Crippen LogP contribution is -2.21. The number of hydrogen-bond acceptors (Lipinski definition) is 4. The van der Waals surface area contributed by atoms with Gasteiger partial charge in [0, 0.05) is 12.1 Å². The molecule has 0 bridgehead atoms. The van der Waals surface area contributed by atoms with E-state index in [1.54, 1.807) is 13.3 Å². The first-order valence-electron chi connectivity index (χ1n) is 5.46. The monoisotopic (exact) mass is 249 g/mol. The van der Waals surface area contributed by atoms with E-state index in [9.17, 15) is 0 Å². The van der Waals surface area contributed by atoms with E-state index in [4.69, 9.17) is 16.2 Å². The van der Waals surface area contributed by atoms with Crippen LogP contribution in [0.4, 0.5) is 0 Å². The minimum Gasteiger partial charge on any atom is -0.496 e. The molecule has 0 heterocycles. The average Bonchev–Trinajstić information content (AvgIpc) is 2.28. The second-order valence-corrected chi connectivity index (χ2v) is 4.08. The molecule has 18 heavy (non-hydrogen) atoms. The van der Waals surface area contributed by atoms with Crippen LogP contribution < -0.4 is 16.2 Å². The number of hydrogen-bond donors (Lipinski definition) is 2. The van der Waals surface area contributed by atoms with E-state index in [0.29, 0.717) is 0 Å². The predicted octanol–water partition coefficient (Wildman–Crippen LogP) is 0.364. The zero-order chi connectivity index (χ0) is 13.5. The molecule has 0 aliphatic heterocycles. The Bertz CT molecular complexity index is 450. The Balaban J connectivity index is 2.95. The maximum absolute atomic E-state index is 5.31. The first-order chi connectivity index (χ1) is 8.52. The third-order valence-electron chi connectivity index (χ3n) is 2.17. The van der Waals surface area contributed by atoms with Crippen LogP contribution in [0.5, 0.6) is 5.75 Å². The average molecular weight is 249 g/mol. The first-order valence-corrected chi connectivity index (χ1v) is 5.46. The third kappa shape index (κ3) is 4.42. The van der Waals surface area contributed by atoms with Gasteiger partial charge in [-0.2, -0.15) is 5.10 Å². The van der Waals surface area contributed by atoms with Gasteiger partial charge in [-0.15, -0.1) is 5.10 Å². The maximum atomic E-state index is 5.31. The molecule has 0 radical (unpaired) electrons. The molecule has 1 aromatic rings. The molecule has 4 N–H and O–H groups in total. The van der Waals surface area contributed by atoms with Crippen LogP contribution in [0.1, 0.15) is 11.1 Å². The number of ether oxygens (including phenoxy) is 1. The maximum Gasteiger partial charge on any atom is 0.211 e. The number of guanidine groups is 1. The molecule has 0 spiro atoms. The highest BCUT2D eigenvalue weighted by Gasteiger charge is 2.04. The Hall–Kier alpha value is -2.08. The normalized spacial score (nSPS) is 10.9. The van der Waals surface area contributed by atoms with E-state index >= 15 is 0 Å². The van der Waals surface area contributed by atoms with Gasteiger partial charge in [0.2, 0.25) is 5.96 Å². The van der Waals surface area contributed by atoms with Crippen molar-refractivity contribution in [3.05, 3.63) is 29.3 Å². The van der Waals surface area contributed by atoms with Gasteiger partial charge in [-0.25, -0.2) is 0 Å². The third-order valence-corrected chi connectivity index (χ3v) is 2.17. The highest BCUT2D eigenvalue weighted by molar-refractivity contribution is 5.82.